The molecule has 3 N–H and O–H groups in total. The van der Waals surface area contributed by atoms with E-state index in [1.807, 2.05) is 11.4 Å². The highest BCUT2D eigenvalue weighted by molar-refractivity contribution is 9.10. The summed E-state index contributed by atoms with van der Waals surface area (Å²) in [5, 5.41) is 15.4. The number of hydrogen-bond donors (Lipinski definition) is 3. The molecule has 1 aromatic heterocycles. The van der Waals surface area contributed by atoms with E-state index in [-0.39, 0.29) is 11.2 Å². The fraction of sp³-hybridized carbons (Fsp3) is 0.304. The first kappa shape index (κ1) is 29.4. The average Bonchev–Trinajstić information content (AvgIpc) is 3.29. The third-order valence-corrected chi connectivity index (χ3v) is 6.74. The monoisotopic (exact) mass is 623 g/mol. The zero-order valence-corrected chi connectivity index (χ0v) is 22.1. The zero-order valence-electron chi connectivity index (χ0n) is 19.7. The van der Waals surface area contributed by atoms with E-state index in [0.29, 0.717) is 23.6 Å². The van der Waals surface area contributed by atoms with Gasteiger partial charge in [-0.3, -0.25) is 10.1 Å². The first-order chi connectivity index (χ1) is 17.7. The Morgan fingerprint density at radius 1 is 0.974 bits per heavy atom. The van der Waals surface area contributed by atoms with Crippen LogP contribution < -0.4 is 16.0 Å². The smallest absolute Gasteiger partial charge is 0.326 e. The van der Waals surface area contributed by atoms with Crippen molar-refractivity contribution in [3.05, 3.63) is 58.1 Å². The van der Waals surface area contributed by atoms with Crippen LogP contribution in [0.4, 0.5) is 42.0 Å². The molecule has 0 unspecified atom stereocenters. The summed E-state index contributed by atoms with van der Waals surface area (Å²) < 4.78 is 79.5. The summed E-state index contributed by atoms with van der Waals surface area (Å²) >= 11 is 4.42. The summed E-state index contributed by atoms with van der Waals surface area (Å²) in [6, 6.07) is 5.56. The predicted octanol–water partition coefficient (Wildman–Crippen LogP) is 7.18. The second kappa shape index (κ2) is 11.7. The van der Waals surface area contributed by atoms with Crippen molar-refractivity contribution >= 4 is 50.0 Å². The molecule has 38 heavy (non-hydrogen) atoms. The summed E-state index contributed by atoms with van der Waals surface area (Å²) in [6.07, 6.45) is -9.74. The van der Waals surface area contributed by atoms with E-state index < -0.39 is 53.1 Å². The molecule has 3 amide bonds. The van der Waals surface area contributed by atoms with Crippen molar-refractivity contribution in [2.45, 2.75) is 38.7 Å². The number of nitrogens with zero attached hydrogens (tertiary/aromatic N) is 2. The van der Waals surface area contributed by atoms with Crippen molar-refractivity contribution in [1.82, 2.24) is 15.5 Å². The van der Waals surface area contributed by atoms with E-state index in [0.717, 1.165) is 21.4 Å². The molecule has 0 bridgehead atoms. The molecule has 2 aromatic carbocycles. The van der Waals surface area contributed by atoms with Crippen LogP contribution in [0.1, 0.15) is 31.4 Å². The highest BCUT2D eigenvalue weighted by atomic mass is 79.9. The van der Waals surface area contributed by atoms with Crippen molar-refractivity contribution in [1.29, 1.82) is 0 Å². The minimum atomic E-state index is -5.08. The standard InChI is InChI=1S/C23H20BrF6N5O2S/c1-3-11(2)17(18(36)33-21-35-34-19(38-21)12-5-4-6-15(24)7-12)32-20(37)31-16-9-13(22(25,26)27)8-14(10-16)23(28,29)30/h4-11,17H,3H2,1-2H3,(H2,31,32,37)(H,33,35,36)/t11-,17-/m0/s1. The lowest BCUT2D eigenvalue weighted by Crippen LogP contribution is -2.49. The van der Waals surface area contributed by atoms with Crippen molar-refractivity contribution in [2.75, 3.05) is 10.6 Å². The van der Waals surface area contributed by atoms with Gasteiger partial charge in [0.15, 0.2) is 0 Å². The number of benzene rings is 2. The highest BCUT2D eigenvalue weighted by Gasteiger charge is 2.37. The van der Waals surface area contributed by atoms with Gasteiger partial charge in [-0.2, -0.15) is 26.3 Å². The van der Waals surface area contributed by atoms with Gasteiger partial charge in [-0.1, -0.05) is 59.7 Å². The molecule has 1 heterocycles. The number of urea groups is 1. The Balaban J connectivity index is 1.76. The van der Waals surface area contributed by atoms with Gasteiger partial charge in [0, 0.05) is 15.7 Å². The van der Waals surface area contributed by atoms with Crippen LogP contribution in [-0.4, -0.2) is 28.2 Å². The van der Waals surface area contributed by atoms with E-state index >= 15 is 0 Å². The van der Waals surface area contributed by atoms with E-state index in [9.17, 15) is 35.9 Å². The Kier molecular flexibility index (Phi) is 9.02. The lowest BCUT2D eigenvalue weighted by Gasteiger charge is -2.23. The zero-order chi connectivity index (χ0) is 28.3. The summed E-state index contributed by atoms with van der Waals surface area (Å²) in [7, 11) is 0. The number of nitrogens with one attached hydrogen (secondary N) is 3. The quantitative estimate of drug-likeness (QED) is 0.243. The van der Waals surface area contributed by atoms with Crippen LogP contribution in [0.25, 0.3) is 10.6 Å². The molecule has 0 aliphatic carbocycles. The number of halogens is 7. The number of rotatable bonds is 7. The first-order valence-electron chi connectivity index (χ1n) is 10.9. The van der Waals surface area contributed by atoms with Crippen LogP contribution in [0.2, 0.25) is 0 Å². The van der Waals surface area contributed by atoms with Crippen molar-refractivity contribution in [3.8, 4) is 10.6 Å². The number of anilines is 2. The molecule has 0 saturated heterocycles. The van der Waals surface area contributed by atoms with Gasteiger partial charge < -0.3 is 10.6 Å². The average molecular weight is 624 g/mol. The maximum Gasteiger partial charge on any atom is 0.416 e. The van der Waals surface area contributed by atoms with Gasteiger partial charge in [0.05, 0.1) is 11.1 Å². The second-order valence-electron chi connectivity index (χ2n) is 8.17. The van der Waals surface area contributed by atoms with Crippen LogP contribution in [0.3, 0.4) is 0 Å². The molecular formula is C23H20BrF6N5O2S. The van der Waals surface area contributed by atoms with Crippen LogP contribution in [0.5, 0.6) is 0 Å². The molecule has 7 nitrogen and oxygen atoms in total. The molecule has 0 aliphatic heterocycles. The molecular weight excluding hydrogens is 604 g/mol. The Hall–Kier alpha value is -3.20. The van der Waals surface area contributed by atoms with Crippen molar-refractivity contribution in [3.63, 3.8) is 0 Å². The topological polar surface area (TPSA) is 96.0 Å². The molecule has 0 radical (unpaired) electrons. The van der Waals surface area contributed by atoms with Gasteiger partial charge in [-0.05, 0) is 36.2 Å². The number of alkyl halides is 6. The minimum Gasteiger partial charge on any atom is -0.326 e. The summed E-state index contributed by atoms with van der Waals surface area (Å²) in [5.74, 6) is -1.14. The van der Waals surface area contributed by atoms with Gasteiger partial charge >= 0.3 is 18.4 Å². The van der Waals surface area contributed by atoms with Crippen LogP contribution >= 0.6 is 27.3 Å². The lowest BCUT2D eigenvalue weighted by atomic mass is 9.98. The number of carbonyl (C=O) groups excluding carboxylic acids is 2. The molecule has 0 saturated carbocycles. The predicted molar refractivity (Wildman–Crippen MR) is 134 cm³/mol. The van der Waals surface area contributed by atoms with Crippen molar-refractivity contribution < 1.29 is 35.9 Å². The maximum absolute atomic E-state index is 13.1. The van der Waals surface area contributed by atoms with E-state index in [1.165, 1.54) is 0 Å². The van der Waals surface area contributed by atoms with E-state index in [1.54, 1.807) is 32.0 Å². The Morgan fingerprint density at radius 3 is 2.16 bits per heavy atom. The summed E-state index contributed by atoms with van der Waals surface area (Å²) in [6.45, 7) is 3.38. The third-order valence-electron chi connectivity index (χ3n) is 5.35. The van der Waals surface area contributed by atoms with Gasteiger partial charge in [0.25, 0.3) is 0 Å². The Morgan fingerprint density at radius 2 is 1.61 bits per heavy atom. The molecule has 0 fully saturated rings. The number of aromatic nitrogens is 2. The normalized spacial score (nSPS) is 13.5. The first-order valence-corrected chi connectivity index (χ1v) is 12.6. The lowest BCUT2D eigenvalue weighted by molar-refractivity contribution is -0.143. The highest BCUT2D eigenvalue weighted by Crippen LogP contribution is 2.37. The van der Waals surface area contributed by atoms with Gasteiger partial charge in [-0.15, -0.1) is 10.2 Å². The molecule has 0 spiro atoms. The summed E-state index contributed by atoms with van der Waals surface area (Å²) in [4.78, 5) is 25.5. The van der Waals surface area contributed by atoms with E-state index in [4.69, 9.17) is 0 Å². The molecule has 15 heteroatoms. The van der Waals surface area contributed by atoms with Gasteiger partial charge in [0.2, 0.25) is 11.0 Å². The minimum absolute atomic E-state index is 0.0526. The Labute approximate surface area is 225 Å². The number of amides is 3. The largest absolute Gasteiger partial charge is 0.416 e. The fourth-order valence-electron chi connectivity index (χ4n) is 3.23. The third kappa shape index (κ3) is 7.66. The Bertz CT molecular complexity index is 1280. The van der Waals surface area contributed by atoms with Crippen molar-refractivity contribution in [2.24, 2.45) is 5.92 Å². The van der Waals surface area contributed by atoms with Gasteiger partial charge in [0.1, 0.15) is 11.0 Å². The molecule has 3 rings (SSSR count). The SMILES string of the molecule is CC[C@H](C)[C@H](NC(=O)Nc1cc(C(F)(F)F)cc(C(F)(F)F)c1)C(=O)Nc1nnc(-c2cccc(Br)c2)s1. The molecule has 3 aromatic rings. The molecule has 0 aliphatic rings. The van der Waals surface area contributed by atoms with E-state index in [2.05, 4.69) is 36.8 Å². The van der Waals surface area contributed by atoms with Crippen LogP contribution in [0.15, 0.2) is 46.9 Å². The fourth-order valence-corrected chi connectivity index (χ4v) is 4.37. The molecule has 2 atom stereocenters. The summed E-state index contributed by atoms with van der Waals surface area (Å²) in [5.41, 5.74) is -3.17. The van der Waals surface area contributed by atoms with Gasteiger partial charge in [-0.25, -0.2) is 4.79 Å². The van der Waals surface area contributed by atoms with Crippen LogP contribution in [0, 0.1) is 5.92 Å². The molecule has 204 valence electrons. The number of hydrogen-bond acceptors (Lipinski definition) is 5. The number of carbonyl (C=O) groups is 2. The second-order valence-corrected chi connectivity index (χ2v) is 10.1. The maximum atomic E-state index is 13.1. The van der Waals surface area contributed by atoms with Crippen LogP contribution in [-0.2, 0) is 17.1 Å².